The number of aromatic hydroxyl groups is 2. The standard InChI is InChI=1S/C28H34O13/c1-36-20-7-4-14(9-18(20)31)3-6-17(30)24-19(32)10-16(11-21(24)37-2)40-28-27(35)26(34)25(33)22(41-28)13-39-23-8-5-15(29)12-38-23/h3-4,6-7,9-11,15,22-23,25-29,31-35H,5,8,12-13H2,1-2H3/b6-3+/t15-,22+,23-,25+,26-,27+,28+/m1/s1. The van der Waals surface area contributed by atoms with Gasteiger partial charge in [-0.15, -0.1) is 0 Å². The Kier molecular flexibility index (Phi) is 10.0. The molecule has 2 saturated heterocycles. The van der Waals surface area contributed by atoms with Gasteiger partial charge in [0.15, 0.2) is 23.6 Å². The molecule has 13 heteroatoms. The summed E-state index contributed by atoms with van der Waals surface area (Å²) in [5.74, 6) is -1.04. The van der Waals surface area contributed by atoms with Crippen LogP contribution in [0, 0.1) is 0 Å². The van der Waals surface area contributed by atoms with Crippen LogP contribution in [0.2, 0.25) is 0 Å². The Bertz CT molecular complexity index is 1220. The second-order valence-electron chi connectivity index (χ2n) is 9.61. The first kappa shape index (κ1) is 30.5. The number of rotatable bonds is 10. The van der Waals surface area contributed by atoms with Crippen LogP contribution in [0.5, 0.6) is 28.7 Å². The van der Waals surface area contributed by atoms with Crippen molar-refractivity contribution in [3.8, 4) is 28.7 Å². The number of carbonyl (C=O) groups is 1. The predicted molar refractivity (Wildman–Crippen MR) is 141 cm³/mol. The molecule has 4 rings (SSSR count). The van der Waals surface area contributed by atoms with Gasteiger partial charge in [-0.2, -0.15) is 0 Å². The fourth-order valence-electron chi connectivity index (χ4n) is 4.45. The summed E-state index contributed by atoms with van der Waals surface area (Å²) < 4.78 is 32.6. The van der Waals surface area contributed by atoms with E-state index in [1.165, 1.54) is 44.6 Å². The van der Waals surface area contributed by atoms with Gasteiger partial charge in [-0.1, -0.05) is 12.1 Å². The van der Waals surface area contributed by atoms with Crippen LogP contribution in [0.15, 0.2) is 36.4 Å². The van der Waals surface area contributed by atoms with E-state index in [0.717, 1.165) is 6.07 Å². The molecule has 7 atom stereocenters. The first-order valence-electron chi connectivity index (χ1n) is 12.9. The highest BCUT2D eigenvalue weighted by molar-refractivity contribution is 6.10. The predicted octanol–water partition coefficient (Wildman–Crippen LogP) is 0.711. The second kappa shape index (κ2) is 13.5. The van der Waals surface area contributed by atoms with Crippen molar-refractivity contribution >= 4 is 11.9 Å². The normalized spacial score (nSPS) is 28.4. The molecule has 2 aromatic carbocycles. The summed E-state index contributed by atoms with van der Waals surface area (Å²) in [5, 5.41) is 61.4. The number of ketones is 1. The molecule has 2 aliphatic heterocycles. The van der Waals surface area contributed by atoms with Gasteiger partial charge in [0.2, 0.25) is 6.29 Å². The molecule has 0 radical (unpaired) electrons. The number of aliphatic hydroxyl groups excluding tert-OH is 4. The number of ether oxygens (including phenoxy) is 6. The third-order valence-electron chi connectivity index (χ3n) is 6.73. The highest BCUT2D eigenvalue weighted by Crippen LogP contribution is 2.36. The molecule has 2 heterocycles. The zero-order valence-corrected chi connectivity index (χ0v) is 22.5. The van der Waals surface area contributed by atoms with Gasteiger partial charge >= 0.3 is 0 Å². The van der Waals surface area contributed by atoms with Crippen LogP contribution in [-0.2, 0) is 14.2 Å². The van der Waals surface area contributed by atoms with Crippen LogP contribution < -0.4 is 14.2 Å². The van der Waals surface area contributed by atoms with E-state index in [9.17, 15) is 35.4 Å². The summed E-state index contributed by atoms with van der Waals surface area (Å²) in [4.78, 5) is 12.9. The number of allylic oxidation sites excluding steroid dienone is 1. The van der Waals surface area contributed by atoms with E-state index < -0.39 is 54.6 Å². The van der Waals surface area contributed by atoms with E-state index in [0.29, 0.717) is 18.4 Å². The molecular weight excluding hydrogens is 544 g/mol. The molecule has 6 N–H and O–H groups in total. The van der Waals surface area contributed by atoms with Gasteiger partial charge in [0.25, 0.3) is 0 Å². The van der Waals surface area contributed by atoms with E-state index in [-0.39, 0.29) is 41.8 Å². The number of phenolic OH excluding ortho intramolecular Hbond substituents is 2. The molecule has 0 spiro atoms. The second-order valence-corrected chi connectivity index (χ2v) is 9.61. The maximum atomic E-state index is 12.9. The lowest BCUT2D eigenvalue weighted by atomic mass is 9.99. The van der Waals surface area contributed by atoms with Crippen molar-refractivity contribution in [1.29, 1.82) is 0 Å². The summed E-state index contributed by atoms with van der Waals surface area (Å²) in [6.45, 7) is -0.0948. The summed E-state index contributed by atoms with van der Waals surface area (Å²) in [5.41, 5.74) is 0.337. The topological polar surface area (TPSA) is 194 Å². The highest BCUT2D eigenvalue weighted by Gasteiger charge is 2.45. The van der Waals surface area contributed by atoms with Crippen molar-refractivity contribution in [2.24, 2.45) is 0 Å². The summed E-state index contributed by atoms with van der Waals surface area (Å²) in [7, 11) is 2.70. The summed E-state index contributed by atoms with van der Waals surface area (Å²) in [6, 6.07) is 6.97. The maximum absolute atomic E-state index is 12.9. The zero-order valence-electron chi connectivity index (χ0n) is 22.5. The minimum atomic E-state index is -1.67. The molecule has 0 aromatic heterocycles. The van der Waals surface area contributed by atoms with Gasteiger partial charge in [-0.3, -0.25) is 4.79 Å². The van der Waals surface area contributed by atoms with Crippen LogP contribution in [0.4, 0.5) is 0 Å². The third kappa shape index (κ3) is 7.26. The van der Waals surface area contributed by atoms with Gasteiger partial charge < -0.3 is 59.1 Å². The number of benzene rings is 2. The minimum Gasteiger partial charge on any atom is -0.507 e. The molecule has 0 amide bonds. The molecule has 0 unspecified atom stereocenters. The summed E-state index contributed by atoms with van der Waals surface area (Å²) >= 11 is 0. The van der Waals surface area contributed by atoms with Gasteiger partial charge in [-0.05, 0) is 30.2 Å². The molecule has 0 aliphatic carbocycles. The van der Waals surface area contributed by atoms with Crippen LogP contribution >= 0.6 is 0 Å². The quantitative estimate of drug-likeness (QED) is 0.171. The van der Waals surface area contributed by atoms with E-state index in [4.69, 9.17) is 28.4 Å². The van der Waals surface area contributed by atoms with Gasteiger partial charge in [0.1, 0.15) is 47.2 Å². The highest BCUT2D eigenvalue weighted by atomic mass is 16.7. The Morgan fingerprint density at radius 1 is 0.951 bits per heavy atom. The van der Waals surface area contributed by atoms with Crippen molar-refractivity contribution in [1.82, 2.24) is 0 Å². The lowest BCUT2D eigenvalue weighted by Gasteiger charge is -2.40. The van der Waals surface area contributed by atoms with Crippen LogP contribution in [-0.4, -0.2) is 107 Å². The molecule has 224 valence electrons. The van der Waals surface area contributed by atoms with Crippen molar-refractivity contribution in [2.45, 2.75) is 55.9 Å². The molecule has 2 fully saturated rings. The molecule has 0 bridgehead atoms. The fraction of sp³-hybridized carbons (Fsp3) is 0.464. The lowest BCUT2D eigenvalue weighted by Crippen LogP contribution is -2.60. The Morgan fingerprint density at radius 2 is 1.71 bits per heavy atom. The number of aliphatic hydroxyl groups is 4. The van der Waals surface area contributed by atoms with E-state index in [1.54, 1.807) is 6.07 Å². The zero-order chi connectivity index (χ0) is 29.7. The Labute approximate surface area is 235 Å². The molecule has 41 heavy (non-hydrogen) atoms. The first-order valence-corrected chi connectivity index (χ1v) is 12.9. The van der Waals surface area contributed by atoms with Crippen LogP contribution in [0.1, 0.15) is 28.8 Å². The first-order chi connectivity index (χ1) is 19.6. The lowest BCUT2D eigenvalue weighted by molar-refractivity contribution is -0.291. The molecule has 2 aliphatic rings. The van der Waals surface area contributed by atoms with Crippen molar-refractivity contribution < 1.29 is 63.9 Å². The number of methoxy groups -OCH3 is 2. The monoisotopic (exact) mass is 578 g/mol. The van der Waals surface area contributed by atoms with Gasteiger partial charge in [0.05, 0.1) is 33.5 Å². The molecule has 0 saturated carbocycles. The van der Waals surface area contributed by atoms with Crippen LogP contribution in [0.25, 0.3) is 6.08 Å². The van der Waals surface area contributed by atoms with Crippen molar-refractivity contribution in [3.63, 3.8) is 0 Å². The number of hydrogen-bond donors (Lipinski definition) is 6. The third-order valence-corrected chi connectivity index (χ3v) is 6.73. The van der Waals surface area contributed by atoms with Crippen LogP contribution in [0.3, 0.4) is 0 Å². The number of phenols is 2. The van der Waals surface area contributed by atoms with Crippen molar-refractivity contribution in [2.75, 3.05) is 27.4 Å². The average molecular weight is 579 g/mol. The van der Waals surface area contributed by atoms with E-state index >= 15 is 0 Å². The Morgan fingerprint density at radius 3 is 2.37 bits per heavy atom. The average Bonchev–Trinajstić information content (AvgIpc) is 2.96. The van der Waals surface area contributed by atoms with Gasteiger partial charge in [-0.25, -0.2) is 0 Å². The van der Waals surface area contributed by atoms with E-state index in [1.807, 2.05) is 0 Å². The smallest absolute Gasteiger partial charge is 0.229 e. The maximum Gasteiger partial charge on any atom is 0.229 e. The Hall–Kier alpha value is -3.43. The molecule has 2 aromatic rings. The number of carbonyl (C=O) groups excluding carboxylic acids is 1. The largest absolute Gasteiger partial charge is 0.507 e. The Balaban J connectivity index is 1.45. The van der Waals surface area contributed by atoms with Crippen molar-refractivity contribution in [3.05, 3.63) is 47.5 Å². The number of hydrogen-bond acceptors (Lipinski definition) is 13. The SMILES string of the molecule is COc1ccc(/C=C/C(=O)c2c(O)cc(O[C@H]3O[C@@H](CO[C@@H]4CC[C@@H](O)CO4)[C@H](O)[C@@H](O)[C@@H]3O)cc2OC)cc1O. The summed E-state index contributed by atoms with van der Waals surface area (Å²) in [6.07, 6.45) is -5.07. The van der Waals surface area contributed by atoms with Gasteiger partial charge in [0, 0.05) is 18.6 Å². The molecular formula is C28H34O13. The minimum absolute atomic E-state index is 0.0466. The molecule has 13 nitrogen and oxygen atoms in total. The fourth-order valence-corrected chi connectivity index (χ4v) is 4.45. The van der Waals surface area contributed by atoms with E-state index in [2.05, 4.69) is 0 Å².